The van der Waals surface area contributed by atoms with Crippen LogP contribution in [-0.2, 0) is 6.42 Å². The van der Waals surface area contributed by atoms with Crippen LogP contribution in [0, 0.1) is 0 Å². The first-order valence-electron chi connectivity index (χ1n) is 6.83. The molecule has 0 aliphatic heterocycles. The molecule has 0 radical (unpaired) electrons. The van der Waals surface area contributed by atoms with Crippen LogP contribution >= 0.6 is 11.3 Å². The van der Waals surface area contributed by atoms with E-state index in [0.717, 1.165) is 6.42 Å². The van der Waals surface area contributed by atoms with Gasteiger partial charge >= 0.3 is 0 Å². The lowest BCUT2D eigenvalue weighted by molar-refractivity contribution is 1.22. The van der Waals surface area contributed by atoms with E-state index in [9.17, 15) is 0 Å². The first-order chi connectivity index (χ1) is 9.90. The Balaban J connectivity index is 1.80. The lowest BCUT2D eigenvalue weighted by Crippen LogP contribution is -1.89. The molecule has 0 nitrogen and oxygen atoms in total. The van der Waals surface area contributed by atoms with Crippen molar-refractivity contribution in [1.82, 2.24) is 0 Å². The number of hydrogen-bond acceptors (Lipinski definition) is 1. The third-order valence-electron chi connectivity index (χ3n) is 3.80. The Morgan fingerprint density at radius 1 is 0.750 bits per heavy atom. The van der Waals surface area contributed by atoms with Crippen LogP contribution in [-0.4, -0.2) is 0 Å². The van der Waals surface area contributed by atoms with Gasteiger partial charge in [0.15, 0.2) is 0 Å². The van der Waals surface area contributed by atoms with E-state index in [-0.39, 0.29) is 0 Å². The Labute approximate surface area is 122 Å². The van der Waals surface area contributed by atoms with Gasteiger partial charge in [0.25, 0.3) is 0 Å². The summed E-state index contributed by atoms with van der Waals surface area (Å²) >= 11 is 1.82. The Bertz CT molecular complexity index is 881. The van der Waals surface area contributed by atoms with Crippen molar-refractivity contribution in [2.24, 2.45) is 0 Å². The highest BCUT2D eigenvalue weighted by Gasteiger charge is 2.03. The standard InChI is InChI=1S/C19H14S/c1-2-7-18-15(4-1)5-3-6-17(18)12-14-8-9-16-10-11-20-19(16)13-14/h1-11,13H,12H2. The minimum atomic E-state index is 0.995. The molecule has 96 valence electrons. The number of rotatable bonds is 2. The average molecular weight is 274 g/mol. The number of benzene rings is 3. The maximum absolute atomic E-state index is 2.32. The molecule has 0 atom stereocenters. The minimum absolute atomic E-state index is 0.995. The van der Waals surface area contributed by atoms with Gasteiger partial charge < -0.3 is 0 Å². The van der Waals surface area contributed by atoms with Crippen LogP contribution in [0.25, 0.3) is 20.9 Å². The van der Waals surface area contributed by atoms with Crippen molar-refractivity contribution in [3.05, 3.63) is 83.2 Å². The van der Waals surface area contributed by atoms with Crippen molar-refractivity contribution in [2.75, 3.05) is 0 Å². The van der Waals surface area contributed by atoms with Crippen LogP contribution in [0.1, 0.15) is 11.1 Å². The molecule has 0 amide bonds. The molecule has 4 rings (SSSR count). The second-order valence-electron chi connectivity index (χ2n) is 5.11. The van der Waals surface area contributed by atoms with E-state index in [1.807, 2.05) is 11.3 Å². The second-order valence-corrected chi connectivity index (χ2v) is 6.06. The number of thiophene rings is 1. The highest BCUT2D eigenvalue weighted by Crippen LogP contribution is 2.25. The molecular formula is C19H14S. The van der Waals surface area contributed by atoms with E-state index in [1.165, 1.54) is 32.0 Å². The first-order valence-corrected chi connectivity index (χ1v) is 7.71. The predicted molar refractivity (Wildman–Crippen MR) is 88.6 cm³/mol. The number of fused-ring (bicyclic) bond motifs is 2. The zero-order valence-corrected chi connectivity index (χ0v) is 11.9. The van der Waals surface area contributed by atoms with Gasteiger partial charge in [-0.1, -0.05) is 54.6 Å². The Morgan fingerprint density at radius 3 is 2.65 bits per heavy atom. The molecule has 3 aromatic carbocycles. The maximum atomic E-state index is 2.32. The second kappa shape index (κ2) is 4.77. The molecule has 0 bridgehead atoms. The summed E-state index contributed by atoms with van der Waals surface area (Å²) in [5.74, 6) is 0. The molecule has 0 unspecified atom stereocenters. The quantitative estimate of drug-likeness (QED) is 0.443. The third-order valence-corrected chi connectivity index (χ3v) is 4.67. The summed E-state index contributed by atoms with van der Waals surface area (Å²) in [6, 6.07) is 24.2. The molecule has 4 aromatic rings. The van der Waals surface area contributed by atoms with Gasteiger partial charge in [0.2, 0.25) is 0 Å². The van der Waals surface area contributed by atoms with Gasteiger partial charge in [-0.15, -0.1) is 11.3 Å². The molecule has 1 heteroatoms. The van der Waals surface area contributed by atoms with Crippen LogP contribution in [0.2, 0.25) is 0 Å². The molecule has 0 fully saturated rings. The van der Waals surface area contributed by atoms with Gasteiger partial charge in [-0.3, -0.25) is 0 Å². The van der Waals surface area contributed by atoms with Crippen LogP contribution in [0.4, 0.5) is 0 Å². The highest BCUT2D eigenvalue weighted by atomic mass is 32.1. The van der Waals surface area contributed by atoms with Crippen molar-refractivity contribution < 1.29 is 0 Å². The fourth-order valence-corrected chi connectivity index (χ4v) is 3.63. The van der Waals surface area contributed by atoms with E-state index in [0.29, 0.717) is 0 Å². The number of hydrogen-bond donors (Lipinski definition) is 0. The molecule has 1 aromatic heterocycles. The lowest BCUT2D eigenvalue weighted by atomic mass is 9.98. The fraction of sp³-hybridized carbons (Fsp3) is 0.0526. The van der Waals surface area contributed by atoms with Crippen molar-refractivity contribution in [3.8, 4) is 0 Å². The summed E-state index contributed by atoms with van der Waals surface area (Å²) in [4.78, 5) is 0. The zero-order chi connectivity index (χ0) is 13.4. The summed E-state index contributed by atoms with van der Waals surface area (Å²) < 4.78 is 1.38. The first kappa shape index (κ1) is 11.7. The van der Waals surface area contributed by atoms with Crippen LogP contribution in [0.3, 0.4) is 0 Å². The molecule has 0 aliphatic carbocycles. The SMILES string of the molecule is c1ccc2c(Cc3ccc4ccsc4c3)cccc2c1. The Morgan fingerprint density at radius 2 is 1.65 bits per heavy atom. The summed E-state index contributed by atoms with van der Waals surface area (Å²) in [5, 5.41) is 6.19. The zero-order valence-electron chi connectivity index (χ0n) is 11.0. The molecule has 1 heterocycles. The topological polar surface area (TPSA) is 0 Å². The smallest absolute Gasteiger partial charge is 0.0345 e. The minimum Gasteiger partial charge on any atom is -0.144 e. The van der Waals surface area contributed by atoms with Crippen molar-refractivity contribution >= 4 is 32.2 Å². The molecular weight excluding hydrogens is 260 g/mol. The molecule has 0 aliphatic rings. The van der Waals surface area contributed by atoms with Crippen molar-refractivity contribution in [1.29, 1.82) is 0 Å². The normalized spacial score (nSPS) is 11.2. The third kappa shape index (κ3) is 2.00. The Hall–Kier alpha value is -2.12. The summed E-state index contributed by atoms with van der Waals surface area (Å²) in [5.41, 5.74) is 2.79. The molecule has 0 spiro atoms. The Kier molecular flexibility index (Phi) is 2.79. The summed E-state index contributed by atoms with van der Waals surface area (Å²) in [6.07, 6.45) is 0.995. The van der Waals surface area contributed by atoms with Crippen LogP contribution in [0.5, 0.6) is 0 Å². The maximum Gasteiger partial charge on any atom is 0.0345 e. The van der Waals surface area contributed by atoms with Gasteiger partial charge in [0.1, 0.15) is 0 Å². The van der Waals surface area contributed by atoms with Gasteiger partial charge in [-0.05, 0) is 51.2 Å². The van der Waals surface area contributed by atoms with E-state index in [1.54, 1.807) is 0 Å². The molecule has 0 N–H and O–H groups in total. The predicted octanol–water partition coefficient (Wildman–Crippen LogP) is 5.65. The van der Waals surface area contributed by atoms with E-state index in [4.69, 9.17) is 0 Å². The van der Waals surface area contributed by atoms with E-state index < -0.39 is 0 Å². The average Bonchev–Trinajstić information content (AvgIpc) is 2.95. The molecule has 0 saturated carbocycles. The largest absolute Gasteiger partial charge is 0.144 e. The fourth-order valence-electron chi connectivity index (χ4n) is 2.78. The van der Waals surface area contributed by atoms with Crippen molar-refractivity contribution in [3.63, 3.8) is 0 Å². The monoisotopic (exact) mass is 274 g/mol. The van der Waals surface area contributed by atoms with Gasteiger partial charge in [-0.25, -0.2) is 0 Å². The summed E-state index contributed by atoms with van der Waals surface area (Å²) in [7, 11) is 0. The highest BCUT2D eigenvalue weighted by molar-refractivity contribution is 7.17. The van der Waals surface area contributed by atoms with Crippen molar-refractivity contribution in [2.45, 2.75) is 6.42 Å². The van der Waals surface area contributed by atoms with Gasteiger partial charge in [0.05, 0.1) is 0 Å². The lowest BCUT2D eigenvalue weighted by Gasteiger charge is -2.07. The van der Waals surface area contributed by atoms with Gasteiger partial charge in [-0.2, -0.15) is 0 Å². The van der Waals surface area contributed by atoms with Crippen LogP contribution in [0.15, 0.2) is 72.1 Å². The van der Waals surface area contributed by atoms with E-state index >= 15 is 0 Å². The van der Waals surface area contributed by atoms with E-state index in [2.05, 4.69) is 72.1 Å². The molecule has 0 saturated heterocycles. The summed E-state index contributed by atoms with van der Waals surface area (Å²) in [6.45, 7) is 0. The molecule has 20 heavy (non-hydrogen) atoms. The van der Waals surface area contributed by atoms with Crippen LogP contribution < -0.4 is 0 Å². The van der Waals surface area contributed by atoms with Gasteiger partial charge in [0, 0.05) is 4.70 Å².